The van der Waals surface area contributed by atoms with E-state index >= 15 is 0 Å². The fraction of sp³-hybridized carbons (Fsp3) is 0.933. The maximum Gasteiger partial charge on any atom is 0.309 e. The lowest BCUT2D eigenvalue weighted by Crippen LogP contribution is -2.47. The normalized spacial score (nSPS) is 26.4. The van der Waals surface area contributed by atoms with Gasteiger partial charge >= 0.3 is 5.97 Å². The van der Waals surface area contributed by atoms with Gasteiger partial charge < -0.3 is 10.1 Å². The Morgan fingerprint density at radius 2 is 2.05 bits per heavy atom. The van der Waals surface area contributed by atoms with E-state index in [0.29, 0.717) is 6.04 Å². The van der Waals surface area contributed by atoms with Crippen molar-refractivity contribution in [3.63, 3.8) is 0 Å². The van der Waals surface area contributed by atoms with Crippen molar-refractivity contribution >= 4 is 5.97 Å². The molecule has 0 spiro atoms. The van der Waals surface area contributed by atoms with Gasteiger partial charge in [-0.2, -0.15) is 0 Å². The van der Waals surface area contributed by atoms with Crippen LogP contribution in [0.5, 0.6) is 0 Å². The topological polar surface area (TPSA) is 41.6 Å². The zero-order valence-corrected chi connectivity index (χ0v) is 12.5. The molecule has 1 saturated carbocycles. The van der Waals surface area contributed by atoms with E-state index in [0.717, 1.165) is 25.6 Å². The number of ether oxygens (including phenoxy) is 1. The van der Waals surface area contributed by atoms with Crippen LogP contribution in [0.1, 0.15) is 39.5 Å². The largest absolute Gasteiger partial charge is 0.469 e. The Hall–Kier alpha value is -0.610. The molecular weight excluding hydrogens is 240 g/mol. The fourth-order valence-electron chi connectivity index (χ4n) is 2.93. The van der Waals surface area contributed by atoms with Crippen LogP contribution in [0.4, 0.5) is 0 Å². The monoisotopic (exact) mass is 268 g/mol. The lowest BCUT2D eigenvalue weighted by atomic mass is 10.0. The van der Waals surface area contributed by atoms with Crippen molar-refractivity contribution in [3.05, 3.63) is 0 Å². The Kier molecular flexibility index (Phi) is 5.22. The number of hydrogen-bond donors (Lipinski definition) is 1. The number of carbonyl (C=O) groups is 1. The van der Waals surface area contributed by atoms with E-state index in [4.69, 9.17) is 4.74 Å². The first kappa shape index (κ1) is 14.8. The van der Waals surface area contributed by atoms with E-state index in [9.17, 15) is 4.79 Å². The van der Waals surface area contributed by atoms with Gasteiger partial charge in [0.2, 0.25) is 0 Å². The van der Waals surface area contributed by atoms with Gasteiger partial charge in [0.25, 0.3) is 0 Å². The summed E-state index contributed by atoms with van der Waals surface area (Å²) in [5.41, 5.74) is 0. The predicted octanol–water partition coefficient (Wildman–Crippen LogP) is 1.65. The molecule has 1 heterocycles. The molecule has 2 aliphatic rings. The van der Waals surface area contributed by atoms with Crippen LogP contribution in [0.15, 0.2) is 0 Å². The van der Waals surface area contributed by atoms with Gasteiger partial charge in [0.05, 0.1) is 13.0 Å². The molecule has 110 valence electrons. The van der Waals surface area contributed by atoms with Gasteiger partial charge in [0.1, 0.15) is 0 Å². The Labute approximate surface area is 116 Å². The molecule has 3 atom stereocenters. The molecule has 19 heavy (non-hydrogen) atoms. The zero-order valence-electron chi connectivity index (χ0n) is 12.5. The van der Waals surface area contributed by atoms with Gasteiger partial charge in [0, 0.05) is 25.2 Å². The average Bonchev–Trinajstić information content (AvgIpc) is 3.09. The van der Waals surface area contributed by atoms with Crippen molar-refractivity contribution in [2.45, 2.75) is 51.6 Å². The van der Waals surface area contributed by atoms with Crippen molar-refractivity contribution in [1.29, 1.82) is 0 Å². The Morgan fingerprint density at radius 1 is 1.32 bits per heavy atom. The summed E-state index contributed by atoms with van der Waals surface area (Å²) >= 11 is 0. The Morgan fingerprint density at radius 3 is 2.58 bits per heavy atom. The minimum Gasteiger partial charge on any atom is -0.469 e. The highest BCUT2D eigenvalue weighted by Gasteiger charge is 2.32. The maximum atomic E-state index is 11.7. The zero-order chi connectivity index (χ0) is 13.8. The third-order valence-electron chi connectivity index (χ3n) is 4.68. The Bertz CT molecular complexity index is 299. The summed E-state index contributed by atoms with van der Waals surface area (Å²) in [5.74, 6) is 0.714. The van der Waals surface area contributed by atoms with Crippen molar-refractivity contribution in [2.75, 3.05) is 26.7 Å². The first-order valence-electron chi connectivity index (χ1n) is 7.67. The molecule has 1 aliphatic heterocycles. The molecule has 1 saturated heterocycles. The molecular formula is C15H28N2O2. The summed E-state index contributed by atoms with van der Waals surface area (Å²) < 4.78 is 4.89. The first-order valence-corrected chi connectivity index (χ1v) is 7.67. The SMILES string of the molecule is COC(=O)C(C)C(C)N(CC1CC1)CC1CCCN1. The van der Waals surface area contributed by atoms with Crippen LogP contribution in [0.3, 0.4) is 0 Å². The minimum absolute atomic E-state index is 0.0508. The van der Waals surface area contributed by atoms with Crippen molar-refractivity contribution in [1.82, 2.24) is 10.2 Å². The molecule has 4 nitrogen and oxygen atoms in total. The van der Waals surface area contributed by atoms with Crippen LogP contribution in [-0.4, -0.2) is 49.7 Å². The second-order valence-electron chi connectivity index (χ2n) is 6.24. The number of methoxy groups -OCH3 is 1. The number of nitrogens with zero attached hydrogens (tertiary/aromatic N) is 1. The lowest BCUT2D eigenvalue weighted by Gasteiger charge is -2.34. The summed E-state index contributed by atoms with van der Waals surface area (Å²) in [6.45, 7) is 7.50. The number of rotatable bonds is 7. The van der Waals surface area contributed by atoms with Crippen molar-refractivity contribution in [3.8, 4) is 0 Å². The van der Waals surface area contributed by atoms with E-state index in [1.54, 1.807) is 0 Å². The quantitative estimate of drug-likeness (QED) is 0.713. The summed E-state index contributed by atoms with van der Waals surface area (Å²) in [6.07, 6.45) is 5.26. The van der Waals surface area contributed by atoms with Crippen LogP contribution in [-0.2, 0) is 9.53 Å². The average molecular weight is 268 g/mol. The highest BCUT2D eigenvalue weighted by atomic mass is 16.5. The van der Waals surface area contributed by atoms with E-state index in [-0.39, 0.29) is 17.9 Å². The highest BCUT2D eigenvalue weighted by Crippen LogP contribution is 2.31. The van der Waals surface area contributed by atoms with E-state index < -0.39 is 0 Å². The molecule has 2 rings (SSSR count). The molecule has 2 fully saturated rings. The first-order chi connectivity index (χ1) is 9.11. The maximum absolute atomic E-state index is 11.7. The van der Waals surface area contributed by atoms with Crippen LogP contribution < -0.4 is 5.32 Å². The molecule has 0 aromatic carbocycles. The van der Waals surface area contributed by atoms with Crippen LogP contribution in [0, 0.1) is 11.8 Å². The van der Waals surface area contributed by atoms with E-state index in [1.165, 1.54) is 32.8 Å². The number of nitrogens with one attached hydrogen (secondary N) is 1. The standard InChI is InChI=1S/C15H28N2O2/c1-11(15(18)19-3)12(2)17(9-13-6-7-13)10-14-5-4-8-16-14/h11-14,16H,4-10H2,1-3H3. The molecule has 0 bridgehead atoms. The van der Waals surface area contributed by atoms with Crippen LogP contribution >= 0.6 is 0 Å². The van der Waals surface area contributed by atoms with Crippen molar-refractivity contribution in [2.24, 2.45) is 11.8 Å². The van der Waals surface area contributed by atoms with Crippen LogP contribution in [0.2, 0.25) is 0 Å². The number of hydrogen-bond acceptors (Lipinski definition) is 4. The van der Waals surface area contributed by atoms with Crippen LogP contribution in [0.25, 0.3) is 0 Å². The lowest BCUT2D eigenvalue weighted by molar-refractivity contribution is -0.147. The smallest absolute Gasteiger partial charge is 0.309 e. The summed E-state index contributed by atoms with van der Waals surface area (Å²) in [6, 6.07) is 0.862. The molecule has 0 aromatic heterocycles. The highest BCUT2D eigenvalue weighted by molar-refractivity contribution is 5.72. The second-order valence-corrected chi connectivity index (χ2v) is 6.24. The van der Waals surface area contributed by atoms with E-state index in [1.807, 2.05) is 6.92 Å². The third kappa shape index (κ3) is 4.18. The fourth-order valence-corrected chi connectivity index (χ4v) is 2.93. The molecule has 0 amide bonds. The number of carbonyl (C=O) groups excluding carboxylic acids is 1. The molecule has 0 aromatic rings. The summed E-state index contributed by atoms with van der Waals surface area (Å²) in [5, 5.41) is 3.56. The third-order valence-corrected chi connectivity index (χ3v) is 4.68. The minimum atomic E-state index is -0.0901. The molecule has 1 aliphatic carbocycles. The number of esters is 1. The molecule has 0 radical (unpaired) electrons. The van der Waals surface area contributed by atoms with Gasteiger partial charge in [-0.15, -0.1) is 0 Å². The second kappa shape index (κ2) is 6.71. The van der Waals surface area contributed by atoms with Crippen molar-refractivity contribution < 1.29 is 9.53 Å². The van der Waals surface area contributed by atoms with Gasteiger partial charge in [-0.25, -0.2) is 0 Å². The molecule has 4 heteroatoms. The van der Waals surface area contributed by atoms with Gasteiger partial charge in [-0.1, -0.05) is 6.92 Å². The Balaban J connectivity index is 1.92. The summed E-state index contributed by atoms with van der Waals surface area (Å²) in [7, 11) is 1.48. The van der Waals surface area contributed by atoms with Gasteiger partial charge in [0.15, 0.2) is 0 Å². The van der Waals surface area contributed by atoms with Gasteiger partial charge in [-0.05, 0) is 45.1 Å². The van der Waals surface area contributed by atoms with Gasteiger partial charge in [-0.3, -0.25) is 9.69 Å². The molecule has 1 N–H and O–H groups in total. The summed E-state index contributed by atoms with van der Waals surface area (Å²) in [4.78, 5) is 14.2. The predicted molar refractivity (Wildman–Crippen MR) is 76.0 cm³/mol. The van der Waals surface area contributed by atoms with E-state index in [2.05, 4.69) is 17.1 Å². The molecule has 3 unspecified atom stereocenters.